The number of carboxylic acids is 1. The summed E-state index contributed by atoms with van der Waals surface area (Å²) in [5.74, 6) is -0.0612. The molecule has 1 rings (SSSR count). The number of unbranched alkanes of at least 4 members (excludes halogenated alkanes) is 30. The van der Waals surface area contributed by atoms with E-state index in [0.29, 0.717) is 0 Å². The van der Waals surface area contributed by atoms with Gasteiger partial charge in [0.25, 0.3) is 0 Å². The maximum absolute atomic E-state index is 10.6. The molecular weight excluding hydrogens is 552 g/mol. The molecule has 0 saturated carbocycles. The molecule has 0 atom stereocenters. The maximum Gasteiger partial charge on any atom is 0.306 e. The molecule has 0 spiro atoms. The number of hydrogen-bond donors (Lipinski definition) is 1. The van der Waals surface area contributed by atoms with Gasteiger partial charge < -0.3 is 9.84 Å². The van der Waals surface area contributed by atoms with Crippen LogP contribution in [0.2, 0.25) is 0 Å². The Labute approximate surface area is 281 Å². The molecule has 0 aliphatic carbocycles. The van der Waals surface area contributed by atoms with Crippen LogP contribution in [0.4, 0.5) is 0 Å². The second-order valence-corrected chi connectivity index (χ2v) is 14.0. The van der Waals surface area contributed by atoms with Crippen LogP contribution in [-0.4, -0.2) is 17.7 Å². The van der Waals surface area contributed by atoms with Gasteiger partial charge in [0.05, 0.1) is 13.0 Å². The number of aliphatic carboxylic acids is 1. The van der Waals surface area contributed by atoms with Crippen molar-refractivity contribution in [2.45, 2.75) is 219 Å². The molecule has 0 amide bonds. The highest BCUT2D eigenvalue weighted by Crippen LogP contribution is 2.18. The minimum absolute atomic E-state index is 0.0431. The van der Waals surface area contributed by atoms with Crippen LogP contribution in [0.25, 0.3) is 0 Å². The van der Waals surface area contributed by atoms with Gasteiger partial charge in [-0.2, -0.15) is 0 Å². The molecule has 0 unspecified atom stereocenters. The van der Waals surface area contributed by atoms with Crippen LogP contribution < -0.4 is 4.74 Å². The normalized spacial score (nSPS) is 11.3. The molecule has 0 aliphatic heterocycles. The number of hydrogen-bond acceptors (Lipinski definition) is 2. The molecule has 0 radical (unpaired) electrons. The molecule has 0 heterocycles. The first kappa shape index (κ1) is 41.5. The summed E-state index contributed by atoms with van der Waals surface area (Å²) in [6.07, 6.45) is 45.8. The van der Waals surface area contributed by atoms with E-state index in [2.05, 4.69) is 19.1 Å². The van der Waals surface area contributed by atoms with Crippen molar-refractivity contribution in [3.63, 3.8) is 0 Å². The SMILES string of the molecule is CCCCCCCCCCCCCCCCCCCCCCCCCCCCCCCCCc1ccc(OCCC(=O)O)cc1. The van der Waals surface area contributed by atoms with Crippen LogP contribution in [0, 0.1) is 0 Å². The second kappa shape index (κ2) is 33.8. The first-order valence-corrected chi connectivity index (χ1v) is 20.2. The number of benzene rings is 1. The van der Waals surface area contributed by atoms with E-state index in [9.17, 15) is 4.79 Å². The molecule has 0 saturated heterocycles. The van der Waals surface area contributed by atoms with E-state index >= 15 is 0 Å². The molecule has 3 nitrogen and oxygen atoms in total. The minimum Gasteiger partial charge on any atom is -0.493 e. The molecule has 262 valence electrons. The van der Waals surface area contributed by atoms with Gasteiger partial charge in [-0.05, 0) is 30.5 Å². The lowest BCUT2D eigenvalue weighted by Gasteiger charge is -2.06. The van der Waals surface area contributed by atoms with Gasteiger partial charge in [0, 0.05) is 0 Å². The summed E-state index contributed by atoms with van der Waals surface area (Å²) < 4.78 is 5.46. The van der Waals surface area contributed by atoms with E-state index in [4.69, 9.17) is 9.84 Å². The third kappa shape index (κ3) is 30.9. The first-order chi connectivity index (χ1) is 22.2. The lowest BCUT2D eigenvalue weighted by molar-refractivity contribution is -0.137. The van der Waals surface area contributed by atoms with Crippen LogP contribution in [0.1, 0.15) is 218 Å². The molecule has 0 aliphatic rings. The number of aryl methyl sites for hydroxylation is 1. The molecule has 45 heavy (non-hydrogen) atoms. The van der Waals surface area contributed by atoms with Crippen LogP contribution in [-0.2, 0) is 11.2 Å². The molecule has 0 bridgehead atoms. The lowest BCUT2D eigenvalue weighted by Crippen LogP contribution is -2.04. The van der Waals surface area contributed by atoms with Crippen molar-refractivity contribution in [1.82, 2.24) is 0 Å². The molecule has 1 aromatic carbocycles. The largest absolute Gasteiger partial charge is 0.493 e. The fraction of sp³-hybridized carbons (Fsp3) is 0.833. The van der Waals surface area contributed by atoms with E-state index in [0.717, 1.165) is 12.2 Å². The Balaban J connectivity index is 1.69. The highest BCUT2D eigenvalue weighted by molar-refractivity contribution is 5.66. The summed E-state index contributed by atoms with van der Waals surface area (Å²) in [6.45, 7) is 2.53. The zero-order valence-corrected chi connectivity index (χ0v) is 30.1. The molecule has 1 aromatic rings. The summed E-state index contributed by atoms with van der Waals surface area (Å²) in [5.41, 5.74) is 1.34. The quantitative estimate of drug-likeness (QED) is 0.0752. The van der Waals surface area contributed by atoms with Crippen LogP contribution in [0.3, 0.4) is 0 Å². The van der Waals surface area contributed by atoms with Crippen LogP contribution >= 0.6 is 0 Å². The van der Waals surface area contributed by atoms with E-state index in [1.807, 2.05) is 12.1 Å². The first-order valence-electron chi connectivity index (χ1n) is 20.2. The molecular formula is C42H76O3. The van der Waals surface area contributed by atoms with Crippen molar-refractivity contribution in [3.8, 4) is 5.75 Å². The Morgan fingerprint density at radius 1 is 0.467 bits per heavy atom. The zero-order chi connectivity index (χ0) is 32.3. The van der Waals surface area contributed by atoms with E-state index in [-0.39, 0.29) is 13.0 Å². The number of carboxylic acid groups (broad SMARTS) is 1. The molecule has 0 fully saturated rings. The van der Waals surface area contributed by atoms with Crippen LogP contribution in [0.15, 0.2) is 24.3 Å². The van der Waals surface area contributed by atoms with Crippen LogP contribution in [0.5, 0.6) is 5.75 Å². The standard InChI is InChI=1S/C42H76O3/c1-2-3-4-5-6-7-8-9-10-11-12-13-14-15-16-17-18-19-20-21-22-23-24-25-26-27-28-29-30-31-32-33-40-34-36-41(37-35-40)45-39-38-42(43)44/h34-37H,2-33,38-39H2,1H3,(H,43,44). The van der Waals surface area contributed by atoms with Gasteiger partial charge in [0.2, 0.25) is 0 Å². The van der Waals surface area contributed by atoms with Gasteiger partial charge >= 0.3 is 5.97 Å². The topological polar surface area (TPSA) is 46.5 Å². The summed E-state index contributed by atoms with van der Waals surface area (Å²) in [6, 6.07) is 8.14. The third-order valence-electron chi connectivity index (χ3n) is 9.58. The Morgan fingerprint density at radius 2 is 0.756 bits per heavy atom. The molecule has 1 N–H and O–H groups in total. The minimum atomic E-state index is -0.821. The van der Waals surface area contributed by atoms with Gasteiger partial charge in [-0.3, -0.25) is 4.79 Å². The highest BCUT2D eigenvalue weighted by atomic mass is 16.5. The summed E-state index contributed by atoms with van der Waals surface area (Å²) >= 11 is 0. The lowest BCUT2D eigenvalue weighted by atomic mass is 10.0. The maximum atomic E-state index is 10.6. The van der Waals surface area contributed by atoms with Crippen molar-refractivity contribution in [2.75, 3.05) is 6.61 Å². The van der Waals surface area contributed by atoms with Crippen molar-refractivity contribution < 1.29 is 14.6 Å². The molecule has 0 aromatic heterocycles. The Bertz CT molecular complexity index is 728. The Kier molecular flexibility index (Phi) is 31.2. The van der Waals surface area contributed by atoms with Crippen molar-refractivity contribution in [2.24, 2.45) is 0 Å². The Hall–Kier alpha value is -1.51. The third-order valence-corrected chi connectivity index (χ3v) is 9.58. The summed E-state index contributed by atoms with van der Waals surface area (Å²) in [7, 11) is 0. The predicted molar refractivity (Wildman–Crippen MR) is 197 cm³/mol. The Morgan fingerprint density at radius 3 is 1.04 bits per heavy atom. The predicted octanol–water partition coefficient (Wildman–Crippen LogP) is 14.2. The monoisotopic (exact) mass is 629 g/mol. The van der Waals surface area contributed by atoms with Crippen molar-refractivity contribution in [3.05, 3.63) is 29.8 Å². The number of rotatable bonds is 36. The fourth-order valence-electron chi connectivity index (χ4n) is 6.54. The summed E-state index contributed by atoms with van der Waals surface area (Å²) in [4.78, 5) is 10.6. The van der Waals surface area contributed by atoms with E-state index in [1.165, 1.54) is 205 Å². The van der Waals surface area contributed by atoms with Gasteiger partial charge in [-0.1, -0.05) is 212 Å². The van der Waals surface area contributed by atoms with Crippen molar-refractivity contribution >= 4 is 5.97 Å². The van der Waals surface area contributed by atoms with Crippen molar-refractivity contribution in [1.29, 1.82) is 0 Å². The summed E-state index contributed by atoms with van der Waals surface area (Å²) in [5, 5.41) is 8.68. The second-order valence-electron chi connectivity index (χ2n) is 14.0. The van der Waals surface area contributed by atoms with Gasteiger partial charge in [0.15, 0.2) is 0 Å². The highest BCUT2D eigenvalue weighted by Gasteiger charge is 2.01. The zero-order valence-electron chi connectivity index (χ0n) is 30.1. The molecule has 3 heteroatoms. The van der Waals surface area contributed by atoms with E-state index < -0.39 is 5.97 Å². The fourth-order valence-corrected chi connectivity index (χ4v) is 6.54. The van der Waals surface area contributed by atoms with Gasteiger partial charge in [-0.25, -0.2) is 0 Å². The van der Waals surface area contributed by atoms with Gasteiger partial charge in [0.1, 0.15) is 5.75 Å². The average molecular weight is 629 g/mol. The average Bonchev–Trinajstić information content (AvgIpc) is 3.04. The smallest absolute Gasteiger partial charge is 0.306 e. The number of carbonyl (C=O) groups is 1. The van der Waals surface area contributed by atoms with E-state index in [1.54, 1.807) is 0 Å². The number of ether oxygens (including phenoxy) is 1. The van der Waals surface area contributed by atoms with Gasteiger partial charge in [-0.15, -0.1) is 0 Å².